The predicted molar refractivity (Wildman–Crippen MR) is 106 cm³/mol. The van der Waals surface area contributed by atoms with E-state index in [1.165, 1.54) is 6.42 Å². The zero-order valence-electron chi connectivity index (χ0n) is 16.9. The minimum Gasteiger partial charge on any atom is -0.459 e. The molecule has 1 fully saturated rings. The molecule has 0 bridgehead atoms. The minimum absolute atomic E-state index is 0.0632. The molecule has 2 rings (SSSR count). The molecule has 0 aliphatic heterocycles. The minimum atomic E-state index is -1.08. The van der Waals surface area contributed by atoms with Gasteiger partial charge in [0.25, 0.3) is 0 Å². The van der Waals surface area contributed by atoms with Gasteiger partial charge < -0.3 is 9.47 Å². The van der Waals surface area contributed by atoms with Crippen molar-refractivity contribution in [3.05, 3.63) is 35.9 Å². The Morgan fingerprint density at radius 2 is 1.70 bits per heavy atom. The molecule has 1 aliphatic carbocycles. The lowest BCUT2D eigenvalue weighted by Crippen LogP contribution is -2.44. The van der Waals surface area contributed by atoms with Gasteiger partial charge in [-0.3, -0.25) is 4.99 Å². The second-order valence-corrected chi connectivity index (χ2v) is 8.34. The zero-order valence-corrected chi connectivity index (χ0v) is 16.9. The van der Waals surface area contributed by atoms with E-state index < -0.39 is 23.1 Å². The van der Waals surface area contributed by atoms with Gasteiger partial charge in [0.1, 0.15) is 18.4 Å². The number of ether oxygens (including phenoxy) is 2. The first-order valence-electron chi connectivity index (χ1n) is 9.70. The van der Waals surface area contributed by atoms with E-state index in [2.05, 4.69) is 4.99 Å². The maximum absolute atomic E-state index is 12.9. The molecule has 5 nitrogen and oxygen atoms in total. The van der Waals surface area contributed by atoms with E-state index in [4.69, 9.17) is 9.47 Å². The van der Waals surface area contributed by atoms with Gasteiger partial charge in [0, 0.05) is 0 Å². The maximum atomic E-state index is 12.9. The first kappa shape index (κ1) is 21.1. The lowest BCUT2D eigenvalue weighted by atomic mass is 9.76. The topological polar surface area (TPSA) is 65.0 Å². The summed E-state index contributed by atoms with van der Waals surface area (Å²) in [4.78, 5) is 29.4. The van der Waals surface area contributed by atoms with Crippen molar-refractivity contribution in [2.45, 2.75) is 77.5 Å². The number of esters is 2. The highest BCUT2D eigenvalue weighted by Gasteiger charge is 2.43. The quantitative estimate of drug-likeness (QED) is 0.545. The highest BCUT2D eigenvalue weighted by Crippen LogP contribution is 2.36. The summed E-state index contributed by atoms with van der Waals surface area (Å²) >= 11 is 0. The van der Waals surface area contributed by atoms with Crippen LogP contribution >= 0.6 is 0 Å². The van der Waals surface area contributed by atoms with Gasteiger partial charge >= 0.3 is 11.9 Å². The highest BCUT2D eigenvalue weighted by atomic mass is 16.6. The van der Waals surface area contributed by atoms with Crippen molar-refractivity contribution in [3.8, 4) is 0 Å². The van der Waals surface area contributed by atoms with E-state index in [0.717, 1.165) is 37.5 Å². The Morgan fingerprint density at radius 3 is 2.30 bits per heavy atom. The lowest BCUT2D eigenvalue weighted by Gasteiger charge is -2.34. The second-order valence-electron chi connectivity index (χ2n) is 8.34. The normalized spacial score (nSPS) is 18.1. The van der Waals surface area contributed by atoms with Crippen LogP contribution in [0.5, 0.6) is 0 Å². The Morgan fingerprint density at radius 1 is 1.07 bits per heavy atom. The maximum Gasteiger partial charge on any atom is 0.349 e. The molecule has 0 N–H and O–H groups in total. The lowest BCUT2D eigenvalue weighted by molar-refractivity contribution is -0.153. The fourth-order valence-electron chi connectivity index (χ4n) is 3.37. The first-order chi connectivity index (χ1) is 12.7. The van der Waals surface area contributed by atoms with Crippen LogP contribution in [0.2, 0.25) is 0 Å². The monoisotopic (exact) mass is 373 g/mol. The van der Waals surface area contributed by atoms with Crippen molar-refractivity contribution < 1.29 is 19.1 Å². The number of carbonyl (C=O) groups is 2. The van der Waals surface area contributed by atoms with Gasteiger partial charge in [-0.1, -0.05) is 49.6 Å². The Bertz CT molecular complexity index is 657. The molecule has 1 saturated carbocycles. The fourth-order valence-corrected chi connectivity index (χ4v) is 3.37. The number of rotatable bonds is 6. The summed E-state index contributed by atoms with van der Waals surface area (Å²) in [6, 6.07) is 9.56. The smallest absolute Gasteiger partial charge is 0.349 e. The summed E-state index contributed by atoms with van der Waals surface area (Å²) in [5.74, 6) is -0.869. The van der Waals surface area contributed by atoms with Crippen LogP contribution in [-0.2, 0) is 25.7 Å². The van der Waals surface area contributed by atoms with E-state index in [1.807, 2.05) is 30.3 Å². The second kappa shape index (κ2) is 9.16. The van der Waals surface area contributed by atoms with Crippen molar-refractivity contribution in [1.29, 1.82) is 0 Å². The molecule has 1 atom stereocenters. The molecule has 0 unspecified atom stereocenters. The third-order valence-corrected chi connectivity index (χ3v) is 4.87. The molecule has 1 aromatic carbocycles. The third-order valence-electron chi connectivity index (χ3n) is 4.87. The van der Waals surface area contributed by atoms with Crippen LogP contribution in [0.1, 0.15) is 65.4 Å². The van der Waals surface area contributed by atoms with Gasteiger partial charge in [-0.25, -0.2) is 9.59 Å². The van der Waals surface area contributed by atoms with Crippen molar-refractivity contribution in [2.24, 2.45) is 10.9 Å². The third kappa shape index (κ3) is 6.49. The molecule has 0 spiro atoms. The number of hydrogen-bond acceptors (Lipinski definition) is 5. The number of aliphatic imine (C=N–C) groups is 1. The SMILES string of the molecule is CC(C)(C)OC(=O)C=N[C@@](C)(C(=O)OCc1ccccc1)C1CCCCC1. The number of carbonyl (C=O) groups excluding carboxylic acids is 2. The molecule has 5 heteroatoms. The molecule has 1 aliphatic rings. The average molecular weight is 373 g/mol. The molecular weight excluding hydrogens is 342 g/mol. The number of nitrogens with zero attached hydrogens (tertiary/aromatic N) is 1. The van der Waals surface area contributed by atoms with Crippen molar-refractivity contribution in [1.82, 2.24) is 0 Å². The predicted octanol–water partition coefficient (Wildman–Crippen LogP) is 4.48. The van der Waals surface area contributed by atoms with Crippen molar-refractivity contribution >= 4 is 18.2 Å². The molecule has 0 saturated heterocycles. The summed E-state index contributed by atoms with van der Waals surface area (Å²) in [5.41, 5.74) is -0.752. The Hall–Kier alpha value is -2.17. The van der Waals surface area contributed by atoms with Crippen LogP contribution in [0.15, 0.2) is 35.3 Å². The zero-order chi connectivity index (χ0) is 19.9. The Kier molecular flexibility index (Phi) is 7.17. The number of hydrogen-bond donors (Lipinski definition) is 0. The first-order valence-corrected chi connectivity index (χ1v) is 9.70. The highest BCUT2D eigenvalue weighted by molar-refractivity contribution is 6.23. The summed E-state index contributed by atoms with van der Waals surface area (Å²) in [5, 5.41) is 0. The largest absolute Gasteiger partial charge is 0.459 e. The van der Waals surface area contributed by atoms with Crippen molar-refractivity contribution in [2.75, 3.05) is 0 Å². The Balaban J connectivity index is 2.13. The van der Waals surface area contributed by atoms with E-state index >= 15 is 0 Å². The summed E-state index contributed by atoms with van der Waals surface area (Å²) in [6.45, 7) is 7.37. The van der Waals surface area contributed by atoms with Gasteiger partial charge in [0.05, 0.1) is 0 Å². The molecule has 1 aromatic rings. The van der Waals surface area contributed by atoms with E-state index in [9.17, 15) is 9.59 Å². The fraction of sp³-hybridized carbons (Fsp3) is 0.591. The molecule has 0 amide bonds. The molecule has 0 heterocycles. The standard InChI is InChI=1S/C22H31NO4/c1-21(2,3)27-19(24)15-23-22(4,18-13-9-6-10-14-18)20(25)26-16-17-11-7-5-8-12-17/h5,7-8,11-12,15,18H,6,9-10,13-14,16H2,1-4H3/t22-/m1/s1. The van der Waals surface area contributed by atoms with Crippen LogP contribution in [0.3, 0.4) is 0 Å². The van der Waals surface area contributed by atoms with E-state index in [1.54, 1.807) is 27.7 Å². The van der Waals surface area contributed by atoms with Gasteiger partial charge in [-0.05, 0) is 52.0 Å². The molecule has 27 heavy (non-hydrogen) atoms. The number of benzene rings is 1. The van der Waals surface area contributed by atoms with Crippen LogP contribution in [0.4, 0.5) is 0 Å². The van der Waals surface area contributed by atoms with Crippen LogP contribution in [0.25, 0.3) is 0 Å². The van der Waals surface area contributed by atoms with Gasteiger partial charge in [0.15, 0.2) is 5.54 Å². The van der Waals surface area contributed by atoms with Crippen molar-refractivity contribution in [3.63, 3.8) is 0 Å². The van der Waals surface area contributed by atoms with E-state index in [-0.39, 0.29) is 12.5 Å². The molecule has 0 aromatic heterocycles. The summed E-state index contributed by atoms with van der Waals surface area (Å²) in [7, 11) is 0. The molecular formula is C22H31NO4. The average Bonchev–Trinajstić information content (AvgIpc) is 2.64. The van der Waals surface area contributed by atoms with Gasteiger partial charge in [0.2, 0.25) is 0 Å². The van der Waals surface area contributed by atoms with Crippen LogP contribution in [-0.4, -0.2) is 29.3 Å². The Labute approximate surface area is 162 Å². The van der Waals surface area contributed by atoms with Gasteiger partial charge in [-0.2, -0.15) is 0 Å². The van der Waals surface area contributed by atoms with Crippen LogP contribution in [0, 0.1) is 5.92 Å². The molecule has 148 valence electrons. The summed E-state index contributed by atoms with van der Waals surface area (Å²) < 4.78 is 10.9. The van der Waals surface area contributed by atoms with Gasteiger partial charge in [-0.15, -0.1) is 0 Å². The van der Waals surface area contributed by atoms with E-state index in [0.29, 0.717) is 0 Å². The summed E-state index contributed by atoms with van der Waals surface area (Å²) in [6.07, 6.45) is 6.25. The van der Waals surface area contributed by atoms with Crippen LogP contribution < -0.4 is 0 Å². The molecule has 0 radical (unpaired) electrons.